The lowest BCUT2D eigenvalue weighted by molar-refractivity contribution is 0.474. The first-order valence-corrected chi connectivity index (χ1v) is 4.87. The minimum Gasteiger partial charge on any atom is -0.506 e. The predicted molar refractivity (Wildman–Crippen MR) is 63.5 cm³/mol. The molecule has 1 aliphatic rings. The molecule has 4 heteroatoms. The second kappa shape index (κ2) is 5.01. The topological polar surface area (TPSA) is 32.3 Å². The Balaban J connectivity index is 0.000000980. The third kappa shape index (κ3) is 2.22. The molecule has 2 nitrogen and oxygen atoms in total. The second-order valence-electron chi connectivity index (χ2n) is 3.32. The molecule has 0 radical (unpaired) electrons. The molecular formula is C10H13BrClNO. The van der Waals surface area contributed by atoms with Gasteiger partial charge in [-0.3, -0.25) is 0 Å². The van der Waals surface area contributed by atoms with Crippen LogP contribution in [0.2, 0.25) is 5.02 Å². The highest BCUT2D eigenvalue weighted by Gasteiger charge is 2.12. The van der Waals surface area contributed by atoms with Gasteiger partial charge in [-0.05, 0) is 36.6 Å². The van der Waals surface area contributed by atoms with Gasteiger partial charge < -0.3 is 10.4 Å². The first kappa shape index (κ1) is 11.8. The van der Waals surface area contributed by atoms with Crippen LogP contribution >= 0.6 is 28.6 Å². The van der Waals surface area contributed by atoms with Crippen LogP contribution in [0.25, 0.3) is 0 Å². The van der Waals surface area contributed by atoms with E-state index in [1.165, 1.54) is 5.56 Å². The van der Waals surface area contributed by atoms with Crippen molar-refractivity contribution >= 4 is 28.6 Å². The molecule has 0 aromatic heterocycles. The fourth-order valence-electron chi connectivity index (χ4n) is 1.69. The summed E-state index contributed by atoms with van der Waals surface area (Å²) in [4.78, 5) is 0. The fraction of sp³-hybridized carbons (Fsp3) is 0.400. The summed E-state index contributed by atoms with van der Waals surface area (Å²) in [5.74, 6) is 0.184. The van der Waals surface area contributed by atoms with Crippen LogP contribution in [0, 0.1) is 0 Å². The van der Waals surface area contributed by atoms with E-state index in [1.54, 1.807) is 6.07 Å². The van der Waals surface area contributed by atoms with Crippen LogP contribution in [0.1, 0.15) is 17.5 Å². The molecule has 2 N–H and O–H groups in total. The van der Waals surface area contributed by atoms with Crippen molar-refractivity contribution in [1.29, 1.82) is 0 Å². The van der Waals surface area contributed by atoms with Gasteiger partial charge in [-0.2, -0.15) is 0 Å². The van der Waals surface area contributed by atoms with Gasteiger partial charge in [0, 0.05) is 6.54 Å². The molecule has 0 atom stereocenters. The SMILES string of the molecule is Br.Oc1ccc2c(c1Cl)CNCCC2. The van der Waals surface area contributed by atoms with E-state index in [0.717, 1.165) is 31.5 Å². The van der Waals surface area contributed by atoms with Crippen LogP contribution < -0.4 is 5.32 Å². The van der Waals surface area contributed by atoms with Crippen molar-refractivity contribution in [2.24, 2.45) is 0 Å². The zero-order chi connectivity index (χ0) is 9.26. The summed E-state index contributed by atoms with van der Waals surface area (Å²) < 4.78 is 0. The molecule has 0 fully saturated rings. The number of fused-ring (bicyclic) bond motifs is 1. The molecule has 0 saturated heterocycles. The molecule has 1 heterocycles. The Morgan fingerprint density at radius 2 is 2.14 bits per heavy atom. The number of aryl methyl sites for hydroxylation is 1. The van der Waals surface area contributed by atoms with Gasteiger partial charge in [0.25, 0.3) is 0 Å². The minimum atomic E-state index is 0. The third-order valence-electron chi connectivity index (χ3n) is 2.42. The van der Waals surface area contributed by atoms with E-state index in [4.69, 9.17) is 11.6 Å². The van der Waals surface area contributed by atoms with Crippen LogP contribution in [-0.2, 0) is 13.0 Å². The molecule has 0 unspecified atom stereocenters. The number of aromatic hydroxyl groups is 1. The summed E-state index contributed by atoms with van der Waals surface area (Å²) in [7, 11) is 0. The highest BCUT2D eigenvalue weighted by Crippen LogP contribution is 2.31. The largest absolute Gasteiger partial charge is 0.506 e. The predicted octanol–water partition coefficient (Wildman–Crippen LogP) is 2.66. The molecule has 0 bridgehead atoms. The number of rotatable bonds is 0. The molecule has 0 saturated carbocycles. The number of phenolic OH excluding ortho intramolecular Hbond substituents is 1. The second-order valence-corrected chi connectivity index (χ2v) is 3.69. The lowest BCUT2D eigenvalue weighted by Crippen LogP contribution is -2.12. The zero-order valence-electron chi connectivity index (χ0n) is 7.72. The number of hydrogen-bond donors (Lipinski definition) is 2. The van der Waals surface area contributed by atoms with Crippen molar-refractivity contribution < 1.29 is 5.11 Å². The van der Waals surface area contributed by atoms with Crippen molar-refractivity contribution in [3.63, 3.8) is 0 Å². The molecular weight excluding hydrogens is 265 g/mol. The number of nitrogens with one attached hydrogen (secondary N) is 1. The summed E-state index contributed by atoms with van der Waals surface area (Å²) in [6, 6.07) is 3.63. The Hall–Kier alpha value is -0.250. The van der Waals surface area contributed by atoms with Crippen molar-refractivity contribution in [3.8, 4) is 5.75 Å². The Morgan fingerprint density at radius 3 is 2.93 bits per heavy atom. The Morgan fingerprint density at radius 1 is 1.36 bits per heavy atom. The minimum absolute atomic E-state index is 0. The van der Waals surface area contributed by atoms with E-state index in [0.29, 0.717) is 5.02 Å². The van der Waals surface area contributed by atoms with E-state index in [1.807, 2.05) is 6.07 Å². The van der Waals surface area contributed by atoms with Gasteiger partial charge in [0.1, 0.15) is 5.75 Å². The van der Waals surface area contributed by atoms with Gasteiger partial charge in [0.15, 0.2) is 0 Å². The van der Waals surface area contributed by atoms with E-state index in [2.05, 4.69) is 5.32 Å². The quantitative estimate of drug-likeness (QED) is 0.765. The van der Waals surface area contributed by atoms with Gasteiger partial charge in [0.05, 0.1) is 5.02 Å². The fourth-order valence-corrected chi connectivity index (χ4v) is 1.94. The summed E-state index contributed by atoms with van der Waals surface area (Å²) in [6.45, 7) is 1.79. The maximum Gasteiger partial charge on any atom is 0.134 e. The molecule has 0 amide bonds. The lowest BCUT2D eigenvalue weighted by Gasteiger charge is -2.08. The smallest absolute Gasteiger partial charge is 0.134 e. The molecule has 1 aliphatic heterocycles. The standard InChI is InChI=1S/C10H12ClNO.BrH/c11-10-8-6-12-5-1-2-7(8)3-4-9(10)13;/h3-4,12-13H,1-2,5-6H2;1H. The molecule has 1 aromatic carbocycles. The Kier molecular flexibility index (Phi) is 4.23. The van der Waals surface area contributed by atoms with Crippen LogP contribution in [0.3, 0.4) is 0 Å². The summed E-state index contributed by atoms with van der Waals surface area (Å²) >= 11 is 5.99. The van der Waals surface area contributed by atoms with Crippen LogP contribution in [0.5, 0.6) is 5.75 Å². The number of phenols is 1. The Bertz CT molecular complexity index is 330. The normalized spacial score (nSPS) is 15.2. The van der Waals surface area contributed by atoms with E-state index >= 15 is 0 Å². The van der Waals surface area contributed by atoms with Crippen LogP contribution in [0.15, 0.2) is 12.1 Å². The first-order chi connectivity index (χ1) is 6.29. The lowest BCUT2D eigenvalue weighted by atomic mass is 10.0. The highest BCUT2D eigenvalue weighted by molar-refractivity contribution is 8.93. The van der Waals surface area contributed by atoms with E-state index in [9.17, 15) is 5.11 Å². The maximum absolute atomic E-state index is 9.41. The molecule has 78 valence electrons. The van der Waals surface area contributed by atoms with Crippen molar-refractivity contribution in [2.75, 3.05) is 6.54 Å². The molecule has 2 rings (SSSR count). The van der Waals surface area contributed by atoms with E-state index < -0.39 is 0 Å². The molecule has 0 aliphatic carbocycles. The number of hydrogen-bond acceptors (Lipinski definition) is 2. The summed E-state index contributed by atoms with van der Waals surface area (Å²) in [5, 5.41) is 13.2. The maximum atomic E-state index is 9.41. The van der Waals surface area contributed by atoms with Crippen LogP contribution in [0.4, 0.5) is 0 Å². The summed E-state index contributed by atoms with van der Waals surface area (Å²) in [5.41, 5.74) is 2.31. The van der Waals surface area contributed by atoms with Crippen molar-refractivity contribution in [3.05, 3.63) is 28.3 Å². The first-order valence-electron chi connectivity index (χ1n) is 4.49. The average Bonchev–Trinajstić information content (AvgIpc) is 2.36. The molecule has 0 spiro atoms. The van der Waals surface area contributed by atoms with Gasteiger partial charge in [-0.1, -0.05) is 17.7 Å². The average molecular weight is 279 g/mol. The van der Waals surface area contributed by atoms with Gasteiger partial charge in [-0.25, -0.2) is 0 Å². The number of benzene rings is 1. The highest BCUT2D eigenvalue weighted by atomic mass is 79.9. The van der Waals surface area contributed by atoms with Crippen molar-refractivity contribution in [1.82, 2.24) is 5.32 Å². The van der Waals surface area contributed by atoms with Gasteiger partial charge >= 0.3 is 0 Å². The monoisotopic (exact) mass is 277 g/mol. The van der Waals surface area contributed by atoms with Crippen molar-refractivity contribution in [2.45, 2.75) is 19.4 Å². The van der Waals surface area contributed by atoms with Gasteiger partial charge in [0.2, 0.25) is 0 Å². The number of halogens is 2. The zero-order valence-corrected chi connectivity index (χ0v) is 10.2. The van der Waals surface area contributed by atoms with Crippen LogP contribution in [-0.4, -0.2) is 11.7 Å². The van der Waals surface area contributed by atoms with Gasteiger partial charge in [-0.15, -0.1) is 17.0 Å². The molecule has 1 aromatic rings. The Labute approximate surface area is 99.0 Å². The summed E-state index contributed by atoms with van der Waals surface area (Å²) in [6.07, 6.45) is 2.18. The van der Waals surface area contributed by atoms with E-state index in [-0.39, 0.29) is 22.7 Å². The molecule has 14 heavy (non-hydrogen) atoms. The third-order valence-corrected chi connectivity index (χ3v) is 2.84.